The first-order valence-corrected chi connectivity index (χ1v) is 6.20. The second-order valence-corrected chi connectivity index (χ2v) is 5.65. The van der Waals surface area contributed by atoms with Crippen LogP contribution in [0.25, 0.3) is 0 Å². The fourth-order valence-corrected chi connectivity index (χ4v) is 2.94. The summed E-state index contributed by atoms with van der Waals surface area (Å²) in [4.78, 5) is 0. The minimum atomic E-state index is -0.694. The van der Waals surface area contributed by atoms with Crippen LogP contribution in [0.15, 0.2) is 0 Å². The summed E-state index contributed by atoms with van der Waals surface area (Å²) in [6.45, 7) is 0.457. The summed E-state index contributed by atoms with van der Waals surface area (Å²) < 4.78 is 0.589. The zero-order valence-corrected chi connectivity index (χ0v) is 10.5. The predicted octanol–water partition coefficient (Wildman–Crippen LogP) is 0.111. The first-order valence-electron chi connectivity index (χ1n) is 6.20. The maximum absolute atomic E-state index is 9.70. The van der Waals surface area contributed by atoms with E-state index in [1.54, 1.807) is 0 Å². The lowest BCUT2D eigenvalue weighted by Gasteiger charge is -2.50. The molecule has 0 radical (unpaired) electrons. The van der Waals surface area contributed by atoms with Crippen molar-refractivity contribution in [2.45, 2.75) is 43.7 Å². The molecular formula is C12H26NO3+. The van der Waals surface area contributed by atoms with Crippen LogP contribution in [0.3, 0.4) is 0 Å². The number of aliphatic hydroxyl groups is 3. The summed E-state index contributed by atoms with van der Waals surface area (Å²) in [5, 5.41) is 28.2. The SMILES string of the molecule is C[N+](C)(CC(O)CO)C1(CO)CCCCC1. The Balaban J connectivity index is 2.75. The summed E-state index contributed by atoms with van der Waals surface area (Å²) in [5.41, 5.74) is -0.131. The molecule has 1 fully saturated rings. The molecule has 4 nitrogen and oxygen atoms in total. The molecule has 0 aromatic carbocycles. The fourth-order valence-electron chi connectivity index (χ4n) is 2.94. The van der Waals surface area contributed by atoms with Crippen molar-refractivity contribution in [2.75, 3.05) is 33.9 Å². The Kier molecular flexibility index (Phi) is 4.73. The molecule has 0 amide bonds. The Morgan fingerprint density at radius 2 is 1.69 bits per heavy atom. The van der Waals surface area contributed by atoms with Gasteiger partial charge in [0.25, 0.3) is 0 Å². The van der Waals surface area contributed by atoms with Crippen molar-refractivity contribution < 1.29 is 19.8 Å². The third-order valence-corrected chi connectivity index (χ3v) is 4.24. The fraction of sp³-hybridized carbons (Fsp3) is 1.00. The van der Waals surface area contributed by atoms with Gasteiger partial charge in [-0.1, -0.05) is 6.42 Å². The van der Waals surface area contributed by atoms with E-state index < -0.39 is 6.10 Å². The Morgan fingerprint density at radius 3 is 2.12 bits per heavy atom. The van der Waals surface area contributed by atoms with E-state index in [1.807, 2.05) is 14.1 Å². The highest BCUT2D eigenvalue weighted by Gasteiger charge is 2.46. The van der Waals surface area contributed by atoms with Gasteiger partial charge in [0, 0.05) is 12.8 Å². The lowest BCUT2D eigenvalue weighted by molar-refractivity contribution is -0.947. The summed E-state index contributed by atoms with van der Waals surface area (Å²) >= 11 is 0. The Labute approximate surface area is 98.1 Å². The van der Waals surface area contributed by atoms with Gasteiger partial charge in [-0.25, -0.2) is 0 Å². The lowest BCUT2D eigenvalue weighted by atomic mass is 9.79. The maximum Gasteiger partial charge on any atom is 0.126 e. The third kappa shape index (κ3) is 2.74. The van der Waals surface area contributed by atoms with Gasteiger partial charge in [-0.15, -0.1) is 0 Å². The van der Waals surface area contributed by atoms with Crippen molar-refractivity contribution in [3.63, 3.8) is 0 Å². The number of aliphatic hydroxyl groups excluding tert-OH is 3. The predicted molar refractivity (Wildman–Crippen MR) is 63.0 cm³/mol. The number of quaternary nitrogens is 1. The molecule has 0 saturated heterocycles. The quantitative estimate of drug-likeness (QED) is 0.590. The van der Waals surface area contributed by atoms with Crippen LogP contribution in [0, 0.1) is 0 Å². The molecule has 0 spiro atoms. The smallest absolute Gasteiger partial charge is 0.126 e. The molecule has 0 aliphatic heterocycles. The van der Waals surface area contributed by atoms with Crippen LogP contribution in [0.1, 0.15) is 32.1 Å². The molecule has 16 heavy (non-hydrogen) atoms. The Hall–Kier alpha value is -0.160. The monoisotopic (exact) mass is 232 g/mol. The Morgan fingerprint density at radius 1 is 1.12 bits per heavy atom. The van der Waals surface area contributed by atoms with Crippen molar-refractivity contribution in [1.29, 1.82) is 0 Å². The number of hydrogen-bond acceptors (Lipinski definition) is 3. The Bertz CT molecular complexity index is 212. The molecule has 0 bridgehead atoms. The number of nitrogens with zero attached hydrogens (tertiary/aromatic N) is 1. The van der Waals surface area contributed by atoms with Crippen molar-refractivity contribution in [3.05, 3.63) is 0 Å². The van der Waals surface area contributed by atoms with Gasteiger partial charge in [-0.2, -0.15) is 0 Å². The molecule has 1 rings (SSSR count). The van der Waals surface area contributed by atoms with Gasteiger partial charge in [0.05, 0.1) is 27.3 Å². The highest BCUT2D eigenvalue weighted by Crippen LogP contribution is 2.36. The van der Waals surface area contributed by atoms with Gasteiger partial charge in [0.1, 0.15) is 18.2 Å². The van der Waals surface area contributed by atoms with Crippen LogP contribution in [-0.4, -0.2) is 65.3 Å². The van der Waals surface area contributed by atoms with Crippen molar-refractivity contribution >= 4 is 0 Å². The van der Waals surface area contributed by atoms with E-state index in [1.165, 1.54) is 6.42 Å². The average molecular weight is 232 g/mol. The molecule has 1 atom stereocenters. The topological polar surface area (TPSA) is 60.7 Å². The molecular weight excluding hydrogens is 206 g/mol. The molecule has 1 saturated carbocycles. The molecule has 0 aromatic heterocycles. The maximum atomic E-state index is 9.70. The first kappa shape index (κ1) is 13.9. The number of likely N-dealkylation sites (N-methyl/N-ethyl adjacent to an activating group) is 1. The van der Waals surface area contributed by atoms with Gasteiger partial charge >= 0.3 is 0 Å². The third-order valence-electron chi connectivity index (χ3n) is 4.24. The minimum absolute atomic E-state index is 0.131. The zero-order valence-electron chi connectivity index (χ0n) is 10.5. The van der Waals surface area contributed by atoms with E-state index in [4.69, 9.17) is 5.11 Å². The molecule has 1 aliphatic carbocycles. The van der Waals surface area contributed by atoms with E-state index in [9.17, 15) is 10.2 Å². The van der Waals surface area contributed by atoms with Gasteiger partial charge < -0.3 is 19.8 Å². The van der Waals surface area contributed by atoms with Crippen LogP contribution in [0.4, 0.5) is 0 Å². The van der Waals surface area contributed by atoms with E-state index in [-0.39, 0.29) is 18.8 Å². The summed E-state index contributed by atoms with van der Waals surface area (Å²) in [6.07, 6.45) is 4.86. The van der Waals surface area contributed by atoms with Crippen molar-refractivity contribution in [2.24, 2.45) is 0 Å². The summed E-state index contributed by atoms with van der Waals surface area (Å²) in [6, 6.07) is 0. The molecule has 3 N–H and O–H groups in total. The normalized spacial score (nSPS) is 23.1. The van der Waals surface area contributed by atoms with Gasteiger partial charge in [-0.3, -0.25) is 0 Å². The molecule has 0 heterocycles. The highest BCUT2D eigenvalue weighted by atomic mass is 16.3. The van der Waals surface area contributed by atoms with E-state index in [0.29, 0.717) is 11.0 Å². The summed E-state index contributed by atoms with van der Waals surface area (Å²) in [7, 11) is 4.08. The van der Waals surface area contributed by atoms with Gasteiger partial charge in [0.2, 0.25) is 0 Å². The van der Waals surface area contributed by atoms with Gasteiger partial charge in [0.15, 0.2) is 0 Å². The molecule has 0 aromatic rings. The van der Waals surface area contributed by atoms with E-state index in [0.717, 1.165) is 25.7 Å². The van der Waals surface area contributed by atoms with Crippen LogP contribution >= 0.6 is 0 Å². The van der Waals surface area contributed by atoms with E-state index >= 15 is 0 Å². The second-order valence-electron chi connectivity index (χ2n) is 5.65. The number of rotatable bonds is 5. The largest absolute Gasteiger partial charge is 0.393 e. The average Bonchev–Trinajstić information content (AvgIpc) is 2.29. The van der Waals surface area contributed by atoms with Crippen LogP contribution < -0.4 is 0 Å². The number of hydrogen-bond donors (Lipinski definition) is 3. The lowest BCUT2D eigenvalue weighted by Crippen LogP contribution is -2.64. The molecule has 1 unspecified atom stereocenters. The van der Waals surface area contributed by atoms with Crippen molar-refractivity contribution in [3.8, 4) is 0 Å². The molecule has 96 valence electrons. The van der Waals surface area contributed by atoms with Crippen molar-refractivity contribution in [1.82, 2.24) is 0 Å². The van der Waals surface area contributed by atoms with Crippen LogP contribution in [0.5, 0.6) is 0 Å². The zero-order chi connectivity index (χ0) is 12.2. The standard InChI is InChI=1S/C12H26NO3/c1-13(2,8-11(16)9-14)12(10-15)6-4-3-5-7-12/h11,14-16H,3-10H2,1-2H3/q+1. The van der Waals surface area contributed by atoms with Crippen LogP contribution in [-0.2, 0) is 0 Å². The molecule has 1 aliphatic rings. The molecule has 4 heteroatoms. The highest BCUT2D eigenvalue weighted by molar-refractivity contribution is 4.84. The van der Waals surface area contributed by atoms with E-state index in [2.05, 4.69) is 0 Å². The first-order chi connectivity index (χ1) is 7.47. The minimum Gasteiger partial charge on any atom is -0.393 e. The summed E-state index contributed by atoms with van der Waals surface area (Å²) in [5.74, 6) is 0. The second kappa shape index (κ2) is 5.45. The van der Waals surface area contributed by atoms with Gasteiger partial charge in [-0.05, 0) is 12.8 Å². The van der Waals surface area contributed by atoms with Crippen LogP contribution in [0.2, 0.25) is 0 Å².